The van der Waals surface area contributed by atoms with Crippen LogP contribution >= 0.6 is 27.5 Å². The van der Waals surface area contributed by atoms with Gasteiger partial charge in [0.05, 0.1) is 6.42 Å². The average molecular weight is 560 g/mol. The van der Waals surface area contributed by atoms with Gasteiger partial charge in [-0.25, -0.2) is 4.39 Å². The molecule has 0 aliphatic rings. The third kappa shape index (κ3) is 7.91. The largest absolute Gasteiger partial charge is 0.354 e. The summed E-state index contributed by atoms with van der Waals surface area (Å²) in [7, 11) is 0. The zero-order valence-corrected chi connectivity index (χ0v) is 22.0. The molecular formula is C28H29BrClFN2O2. The topological polar surface area (TPSA) is 49.4 Å². The first-order valence-electron chi connectivity index (χ1n) is 11.7. The van der Waals surface area contributed by atoms with Crippen LogP contribution in [0.25, 0.3) is 0 Å². The van der Waals surface area contributed by atoms with Gasteiger partial charge in [0.2, 0.25) is 11.8 Å². The van der Waals surface area contributed by atoms with Gasteiger partial charge in [-0.2, -0.15) is 0 Å². The quantitative estimate of drug-likeness (QED) is 0.279. The molecule has 3 aromatic rings. The lowest BCUT2D eigenvalue weighted by Gasteiger charge is -2.32. The Kier molecular flexibility index (Phi) is 10.3. The molecule has 0 aliphatic carbocycles. The number of unbranched alkanes of at least 4 members (excludes halogenated alkanes) is 1. The smallest absolute Gasteiger partial charge is 0.243 e. The first kappa shape index (κ1) is 26.9. The van der Waals surface area contributed by atoms with E-state index >= 15 is 0 Å². The summed E-state index contributed by atoms with van der Waals surface area (Å²) in [5, 5.41) is 3.17. The lowest BCUT2D eigenvalue weighted by Crippen LogP contribution is -2.51. The van der Waals surface area contributed by atoms with E-state index in [1.165, 1.54) is 12.1 Å². The Hall–Kier alpha value is -2.70. The van der Waals surface area contributed by atoms with Gasteiger partial charge in [-0.3, -0.25) is 9.59 Å². The molecule has 2 amide bonds. The van der Waals surface area contributed by atoms with Crippen molar-refractivity contribution in [3.63, 3.8) is 0 Å². The number of hydrogen-bond donors (Lipinski definition) is 1. The molecule has 0 fully saturated rings. The van der Waals surface area contributed by atoms with E-state index in [-0.39, 0.29) is 35.4 Å². The van der Waals surface area contributed by atoms with Gasteiger partial charge in [-0.15, -0.1) is 0 Å². The van der Waals surface area contributed by atoms with E-state index in [0.717, 1.165) is 28.4 Å². The van der Waals surface area contributed by atoms with E-state index in [2.05, 4.69) is 28.2 Å². The summed E-state index contributed by atoms with van der Waals surface area (Å²) in [6.45, 7) is 2.77. The van der Waals surface area contributed by atoms with Gasteiger partial charge in [-0.05, 0) is 41.8 Å². The maximum absolute atomic E-state index is 14.5. The SMILES string of the molecule is CCCCNC(=O)[C@@H](Cc1ccccc1)N(Cc1cccc(Br)c1)C(=O)Cc1c(F)cccc1Cl. The van der Waals surface area contributed by atoms with Crippen LogP contribution in [0.15, 0.2) is 77.3 Å². The summed E-state index contributed by atoms with van der Waals surface area (Å²) < 4.78 is 15.4. The minimum absolute atomic E-state index is 0.128. The number of amides is 2. The van der Waals surface area contributed by atoms with Crippen molar-refractivity contribution < 1.29 is 14.0 Å². The standard InChI is InChI=1S/C28H29BrClFN2O2/c1-2-3-15-32-28(35)26(17-20-9-5-4-6-10-20)33(19-21-11-7-12-22(29)16-21)27(34)18-23-24(30)13-8-14-25(23)31/h4-14,16,26H,2-3,15,17-19H2,1H3,(H,32,35)/t26-/m1/s1. The second-order valence-electron chi connectivity index (χ2n) is 8.38. The number of nitrogens with one attached hydrogen (secondary N) is 1. The average Bonchev–Trinajstić information content (AvgIpc) is 2.84. The Labute approximate surface area is 219 Å². The van der Waals surface area contributed by atoms with Crippen LogP contribution in [0.1, 0.15) is 36.5 Å². The Bertz CT molecular complexity index is 1120. The molecule has 3 aromatic carbocycles. The van der Waals surface area contributed by atoms with Crippen molar-refractivity contribution in [2.45, 2.75) is 45.2 Å². The van der Waals surface area contributed by atoms with E-state index in [1.54, 1.807) is 11.0 Å². The fourth-order valence-electron chi connectivity index (χ4n) is 3.85. The van der Waals surface area contributed by atoms with Crippen LogP contribution in [0, 0.1) is 5.82 Å². The van der Waals surface area contributed by atoms with Crippen molar-refractivity contribution in [3.05, 3.63) is 105 Å². The van der Waals surface area contributed by atoms with Gasteiger partial charge in [0.15, 0.2) is 0 Å². The van der Waals surface area contributed by atoms with Crippen molar-refractivity contribution in [1.82, 2.24) is 10.2 Å². The lowest BCUT2D eigenvalue weighted by molar-refractivity contribution is -0.140. The molecule has 0 aromatic heterocycles. The first-order chi connectivity index (χ1) is 16.9. The maximum atomic E-state index is 14.5. The Balaban J connectivity index is 1.98. The molecule has 0 saturated heterocycles. The molecule has 0 unspecified atom stereocenters. The molecule has 4 nitrogen and oxygen atoms in total. The van der Waals surface area contributed by atoms with E-state index in [0.29, 0.717) is 13.0 Å². The fraction of sp³-hybridized carbons (Fsp3) is 0.286. The Morgan fingerprint density at radius 3 is 2.43 bits per heavy atom. The third-order valence-corrected chi connectivity index (χ3v) is 6.58. The van der Waals surface area contributed by atoms with Crippen molar-refractivity contribution in [2.75, 3.05) is 6.54 Å². The van der Waals surface area contributed by atoms with Crippen LogP contribution in [-0.2, 0) is 29.0 Å². The van der Waals surface area contributed by atoms with Gasteiger partial charge in [-0.1, -0.05) is 89.4 Å². The van der Waals surface area contributed by atoms with Crippen LogP contribution in [-0.4, -0.2) is 29.3 Å². The van der Waals surface area contributed by atoms with E-state index in [9.17, 15) is 14.0 Å². The lowest BCUT2D eigenvalue weighted by atomic mass is 10.0. The highest BCUT2D eigenvalue weighted by Crippen LogP contribution is 2.23. The summed E-state index contributed by atoms with van der Waals surface area (Å²) in [4.78, 5) is 28.6. The van der Waals surface area contributed by atoms with Crippen LogP contribution in [0.4, 0.5) is 4.39 Å². The van der Waals surface area contributed by atoms with Crippen molar-refractivity contribution >= 4 is 39.3 Å². The highest BCUT2D eigenvalue weighted by Gasteiger charge is 2.31. The summed E-state index contributed by atoms with van der Waals surface area (Å²) in [5.41, 5.74) is 1.91. The van der Waals surface area contributed by atoms with Crippen LogP contribution in [0.5, 0.6) is 0 Å². The molecular weight excluding hydrogens is 531 g/mol. The summed E-state index contributed by atoms with van der Waals surface area (Å²) in [6, 6.07) is 20.7. The van der Waals surface area contributed by atoms with Gasteiger partial charge >= 0.3 is 0 Å². The molecule has 0 heterocycles. The minimum atomic E-state index is -0.772. The Morgan fingerprint density at radius 1 is 1.03 bits per heavy atom. The summed E-state index contributed by atoms with van der Waals surface area (Å²) in [5.74, 6) is -1.14. The van der Waals surface area contributed by atoms with E-state index < -0.39 is 11.9 Å². The molecule has 1 atom stereocenters. The summed E-state index contributed by atoms with van der Waals surface area (Å²) >= 11 is 9.69. The molecule has 0 aliphatic heterocycles. The van der Waals surface area contributed by atoms with Crippen LogP contribution < -0.4 is 5.32 Å². The van der Waals surface area contributed by atoms with Crippen LogP contribution in [0.3, 0.4) is 0 Å². The highest BCUT2D eigenvalue weighted by molar-refractivity contribution is 9.10. The molecule has 3 rings (SSSR count). The van der Waals surface area contributed by atoms with Gasteiger partial charge in [0.25, 0.3) is 0 Å². The third-order valence-electron chi connectivity index (χ3n) is 5.73. The number of nitrogens with zero attached hydrogens (tertiary/aromatic N) is 1. The number of hydrogen-bond acceptors (Lipinski definition) is 2. The molecule has 1 N–H and O–H groups in total. The predicted molar refractivity (Wildman–Crippen MR) is 142 cm³/mol. The van der Waals surface area contributed by atoms with E-state index in [1.807, 2.05) is 54.6 Å². The normalized spacial score (nSPS) is 11.7. The molecule has 0 radical (unpaired) electrons. The van der Waals surface area contributed by atoms with Gasteiger partial charge in [0.1, 0.15) is 11.9 Å². The molecule has 0 spiro atoms. The predicted octanol–water partition coefficient (Wildman–Crippen LogP) is 6.34. The minimum Gasteiger partial charge on any atom is -0.354 e. The monoisotopic (exact) mass is 558 g/mol. The van der Waals surface area contributed by atoms with Crippen molar-refractivity contribution in [1.29, 1.82) is 0 Å². The zero-order chi connectivity index (χ0) is 25.2. The van der Waals surface area contributed by atoms with Crippen LogP contribution in [0.2, 0.25) is 5.02 Å². The fourth-order valence-corrected chi connectivity index (χ4v) is 4.52. The zero-order valence-electron chi connectivity index (χ0n) is 19.6. The molecule has 0 bridgehead atoms. The maximum Gasteiger partial charge on any atom is 0.243 e. The number of carbonyl (C=O) groups is 2. The molecule has 7 heteroatoms. The molecule has 35 heavy (non-hydrogen) atoms. The number of benzene rings is 3. The second-order valence-corrected chi connectivity index (χ2v) is 9.70. The number of carbonyl (C=O) groups excluding carboxylic acids is 2. The van der Waals surface area contributed by atoms with Crippen molar-refractivity contribution in [3.8, 4) is 0 Å². The molecule has 0 saturated carbocycles. The second kappa shape index (κ2) is 13.4. The van der Waals surface area contributed by atoms with Crippen molar-refractivity contribution in [2.24, 2.45) is 0 Å². The first-order valence-corrected chi connectivity index (χ1v) is 12.8. The number of rotatable bonds is 11. The van der Waals surface area contributed by atoms with E-state index in [4.69, 9.17) is 11.6 Å². The molecule has 184 valence electrons. The van der Waals surface area contributed by atoms with Gasteiger partial charge in [0, 0.05) is 34.6 Å². The highest BCUT2D eigenvalue weighted by atomic mass is 79.9. The Morgan fingerprint density at radius 2 is 1.74 bits per heavy atom. The summed E-state index contributed by atoms with van der Waals surface area (Å²) in [6.07, 6.45) is 1.88. The van der Waals surface area contributed by atoms with Gasteiger partial charge < -0.3 is 10.2 Å². The number of halogens is 3.